The quantitative estimate of drug-likeness (QED) is 0.191. The van der Waals surface area contributed by atoms with Crippen molar-refractivity contribution >= 4 is 50.6 Å². The number of nitrogens with zero attached hydrogens (tertiary/aromatic N) is 3. The second kappa shape index (κ2) is 11.3. The minimum absolute atomic E-state index is 0.161. The topological polar surface area (TPSA) is 71.3 Å². The Balaban J connectivity index is 1.24. The highest BCUT2D eigenvalue weighted by atomic mass is 79.9. The highest BCUT2D eigenvalue weighted by Gasteiger charge is 2.15. The highest BCUT2D eigenvalue weighted by molar-refractivity contribution is 9.10. The zero-order valence-electron chi connectivity index (χ0n) is 21.2. The molecular formula is C32H23BrClN5O. The van der Waals surface area contributed by atoms with Crippen LogP contribution in [0.4, 0.5) is 11.5 Å². The summed E-state index contributed by atoms with van der Waals surface area (Å²) in [6, 6.07) is 34.9. The number of anilines is 2. The van der Waals surface area contributed by atoms with E-state index in [9.17, 15) is 4.79 Å². The van der Waals surface area contributed by atoms with Crippen molar-refractivity contribution in [3.63, 3.8) is 0 Å². The van der Waals surface area contributed by atoms with Gasteiger partial charge < -0.3 is 10.6 Å². The average molecular weight is 609 g/mol. The molecule has 0 saturated carbocycles. The number of aromatic nitrogens is 3. The molecule has 0 aliphatic carbocycles. The van der Waals surface area contributed by atoms with E-state index in [1.807, 2.05) is 109 Å². The fraction of sp³-hybridized carbons (Fsp3) is 0.0312. The molecule has 0 radical (unpaired) electrons. The van der Waals surface area contributed by atoms with Crippen molar-refractivity contribution in [1.82, 2.24) is 14.6 Å². The maximum atomic E-state index is 13.3. The standard InChI is InChI=1S/C32H23BrClN5O/c33-27-20-36-39-30(18-29(38-31(27)39)26-15-6-7-16-28(26)34)35-19-21-9-8-12-23(17-21)37-32(40)25-14-5-4-13-24(25)22-10-2-1-3-11-22/h1-18,20,35H,19H2,(H,37,40). The molecule has 0 unspecified atom stereocenters. The number of nitrogens with one attached hydrogen (secondary N) is 2. The summed E-state index contributed by atoms with van der Waals surface area (Å²) in [5, 5.41) is 11.6. The van der Waals surface area contributed by atoms with Gasteiger partial charge in [0.1, 0.15) is 5.82 Å². The zero-order chi connectivity index (χ0) is 27.5. The number of halogens is 2. The molecule has 6 aromatic rings. The van der Waals surface area contributed by atoms with Gasteiger partial charge >= 0.3 is 0 Å². The first-order chi connectivity index (χ1) is 19.6. The van der Waals surface area contributed by atoms with E-state index in [-0.39, 0.29) is 5.91 Å². The Labute approximate surface area is 244 Å². The van der Waals surface area contributed by atoms with Gasteiger partial charge in [0.05, 0.1) is 16.4 Å². The van der Waals surface area contributed by atoms with Crippen LogP contribution in [-0.2, 0) is 6.54 Å². The van der Waals surface area contributed by atoms with E-state index in [2.05, 4.69) is 31.7 Å². The van der Waals surface area contributed by atoms with Gasteiger partial charge in [0.25, 0.3) is 5.91 Å². The fourth-order valence-electron chi connectivity index (χ4n) is 4.57. The second-order valence-electron chi connectivity index (χ2n) is 9.15. The maximum Gasteiger partial charge on any atom is 0.256 e. The van der Waals surface area contributed by atoms with Crippen molar-refractivity contribution in [3.8, 4) is 22.4 Å². The zero-order valence-corrected chi connectivity index (χ0v) is 23.5. The molecule has 2 N–H and O–H groups in total. The van der Waals surface area contributed by atoms with Crippen molar-refractivity contribution in [3.05, 3.63) is 136 Å². The number of carbonyl (C=O) groups is 1. The first-order valence-corrected chi connectivity index (χ1v) is 13.8. The Bertz CT molecular complexity index is 1840. The minimum Gasteiger partial charge on any atom is -0.366 e. The molecule has 0 spiro atoms. The van der Waals surface area contributed by atoms with Crippen molar-refractivity contribution in [2.24, 2.45) is 0 Å². The lowest BCUT2D eigenvalue weighted by atomic mass is 9.99. The first-order valence-electron chi connectivity index (χ1n) is 12.6. The van der Waals surface area contributed by atoms with Crippen molar-refractivity contribution in [2.45, 2.75) is 6.54 Å². The summed E-state index contributed by atoms with van der Waals surface area (Å²) in [5.74, 6) is 0.600. The van der Waals surface area contributed by atoms with Crippen LogP contribution in [0.2, 0.25) is 5.02 Å². The monoisotopic (exact) mass is 607 g/mol. The number of rotatable bonds is 7. The van der Waals surface area contributed by atoms with Crippen LogP contribution in [0.25, 0.3) is 28.0 Å². The largest absolute Gasteiger partial charge is 0.366 e. The summed E-state index contributed by atoms with van der Waals surface area (Å²) in [6.07, 6.45) is 1.72. The average Bonchev–Trinajstić information content (AvgIpc) is 3.37. The molecule has 0 aliphatic rings. The molecule has 0 aliphatic heterocycles. The third kappa shape index (κ3) is 5.34. The van der Waals surface area contributed by atoms with E-state index in [1.165, 1.54) is 0 Å². The second-order valence-corrected chi connectivity index (χ2v) is 10.4. The van der Waals surface area contributed by atoms with Gasteiger partial charge in [0, 0.05) is 34.4 Å². The van der Waals surface area contributed by atoms with E-state index in [0.717, 1.165) is 38.2 Å². The Kier molecular flexibility index (Phi) is 7.31. The van der Waals surface area contributed by atoms with Gasteiger partial charge in [-0.25, -0.2) is 4.98 Å². The van der Waals surface area contributed by atoms with Gasteiger partial charge in [0.2, 0.25) is 0 Å². The molecule has 4 aromatic carbocycles. The first kappa shape index (κ1) is 25.8. The number of hydrogen-bond donors (Lipinski definition) is 2. The number of amides is 1. The van der Waals surface area contributed by atoms with Crippen molar-refractivity contribution < 1.29 is 4.79 Å². The molecular weight excluding hydrogens is 586 g/mol. The molecule has 6 rings (SSSR count). The van der Waals surface area contributed by atoms with Crippen LogP contribution in [0.3, 0.4) is 0 Å². The van der Waals surface area contributed by atoms with Crippen LogP contribution in [0.15, 0.2) is 120 Å². The molecule has 6 nitrogen and oxygen atoms in total. The minimum atomic E-state index is -0.161. The van der Waals surface area contributed by atoms with E-state index < -0.39 is 0 Å². The van der Waals surface area contributed by atoms with Crippen LogP contribution in [0, 0.1) is 0 Å². The highest BCUT2D eigenvalue weighted by Crippen LogP contribution is 2.31. The summed E-state index contributed by atoms with van der Waals surface area (Å²) in [4.78, 5) is 18.1. The molecule has 0 saturated heterocycles. The summed E-state index contributed by atoms with van der Waals surface area (Å²) < 4.78 is 2.53. The predicted molar refractivity (Wildman–Crippen MR) is 165 cm³/mol. The van der Waals surface area contributed by atoms with Gasteiger partial charge in [-0.1, -0.05) is 90.5 Å². The molecule has 1 amide bonds. The van der Waals surface area contributed by atoms with E-state index in [4.69, 9.17) is 16.6 Å². The van der Waals surface area contributed by atoms with Gasteiger partial charge in [-0.2, -0.15) is 9.61 Å². The van der Waals surface area contributed by atoms with E-state index in [0.29, 0.717) is 28.5 Å². The number of fused-ring (bicyclic) bond motifs is 1. The molecule has 196 valence electrons. The lowest BCUT2D eigenvalue weighted by molar-refractivity contribution is 0.102. The SMILES string of the molecule is O=C(Nc1cccc(CNc2cc(-c3ccccc3Cl)nc3c(Br)cnn23)c1)c1ccccc1-c1ccccc1. The summed E-state index contributed by atoms with van der Waals surface area (Å²) >= 11 is 10.0. The van der Waals surface area contributed by atoms with Gasteiger partial charge in [-0.3, -0.25) is 4.79 Å². The van der Waals surface area contributed by atoms with Crippen molar-refractivity contribution in [1.29, 1.82) is 0 Å². The number of benzene rings is 4. The molecule has 2 heterocycles. The van der Waals surface area contributed by atoms with Crippen LogP contribution in [-0.4, -0.2) is 20.5 Å². The third-order valence-corrected chi connectivity index (χ3v) is 7.38. The summed E-state index contributed by atoms with van der Waals surface area (Å²) in [6.45, 7) is 0.503. The van der Waals surface area contributed by atoms with Gasteiger partial charge in [0.15, 0.2) is 5.65 Å². The van der Waals surface area contributed by atoms with Crippen LogP contribution in [0.1, 0.15) is 15.9 Å². The lowest BCUT2D eigenvalue weighted by Gasteiger charge is -2.13. The smallest absolute Gasteiger partial charge is 0.256 e. The van der Waals surface area contributed by atoms with Crippen LogP contribution in [0.5, 0.6) is 0 Å². The van der Waals surface area contributed by atoms with Gasteiger partial charge in [-0.15, -0.1) is 0 Å². The Morgan fingerprint density at radius 3 is 2.42 bits per heavy atom. The van der Waals surface area contributed by atoms with E-state index in [1.54, 1.807) is 10.7 Å². The maximum absolute atomic E-state index is 13.3. The number of hydrogen-bond acceptors (Lipinski definition) is 4. The molecule has 8 heteroatoms. The van der Waals surface area contributed by atoms with Crippen LogP contribution < -0.4 is 10.6 Å². The van der Waals surface area contributed by atoms with Crippen LogP contribution >= 0.6 is 27.5 Å². The predicted octanol–water partition coefficient (Wildman–Crippen LogP) is 8.34. The third-order valence-electron chi connectivity index (χ3n) is 6.49. The lowest BCUT2D eigenvalue weighted by Crippen LogP contribution is -2.13. The molecule has 0 atom stereocenters. The Morgan fingerprint density at radius 2 is 1.60 bits per heavy atom. The summed E-state index contributed by atoms with van der Waals surface area (Å²) in [5.41, 5.74) is 6.46. The Hall–Kier alpha value is -4.46. The molecule has 0 bridgehead atoms. The normalized spacial score (nSPS) is 10.9. The van der Waals surface area contributed by atoms with E-state index >= 15 is 0 Å². The molecule has 0 fully saturated rings. The Morgan fingerprint density at radius 1 is 0.850 bits per heavy atom. The van der Waals surface area contributed by atoms with Gasteiger partial charge in [-0.05, 0) is 56.9 Å². The van der Waals surface area contributed by atoms with Crippen molar-refractivity contribution in [2.75, 3.05) is 10.6 Å². The number of carbonyl (C=O) groups excluding carboxylic acids is 1. The summed E-state index contributed by atoms with van der Waals surface area (Å²) in [7, 11) is 0. The fourth-order valence-corrected chi connectivity index (χ4v) is 5.15. The molecule has 40 heavy (non-hydrogen) atoms. The molecule has 2 aromatic heterocycles.